The second-order valence-electron chi connectivity index (χ2n) is 8.08. The van der Waals surface area contributed by atoms with Crippen molar-refractivity contribution in [3.8, 4) is 11.5 Å². The smallest absolute Gasteiger partial charge is 0.344 e. The second kappa shape index (κ2) is 10.5. The standard InChI is InChI=1S/C30H22N2O4/c33-29(20-35-26-17-14-22-6-1-2-8-24(22)18-26)32-31-19-21-12-15-25(16-13-21)36-30(34)28-11-5-9-23-7-3-4-10-27(23)28/h1-19H,20H2,(H,32,33)/b31-19-. The van der Waals surface area contributed by atoms with E-state index in [1.165, 1.54) is 6.21 Å². The van der Waals surface area contributed by atoms with Crippen LogP contribution >= 0.6 is 0 Å². The Balaban J connectivity index is 1.13. The fourth-order valence-electron chi connectivity index (χ4n) is 3.80. The zero-order chi connectivity index (χ0) is 24.7. The van der Waals surface area contributed by atoms with Crippen molar-refractivity contribution in [2.24, 2.45) is 5.10 Å². The first-order chi connectivity index (χ1) is 17.7. The van der Waals surface area contributed by atoms with Gasteiger partial charge in [-0.25, -0.2) is 10.2 Å². The molecule has 0 aromatic heterocycles. The maximum absolute atomic E-state index is 12.7. The molecule has 0 aliphatic heterocycles. The number of hydrogen-bond acceptors (Lipinski definition) is 5. The van der Waals surface area contributed by atoms with E-state index in [0.717, 1.165) is 27.1 Å². The minimum atomic E-state index is -0.424. The first-order valence-electron chi connectivity index (χ1n) is 11.4. The van der Waals surface area contributed by atoms with Crippen molar-refractivity contribution in [1.82, 2.24) is 5.43 Å². The van der Waals surface area contributed by atoms with Gasteiger partial charge < -0.3 is 9.47 Å². The Bertz CT molecular complexity index is 1570. The number of fused-ring (bicyclic) bond motifs is 2. The lowest BCUT2D eigenvalue weighted by Crippen LogP contribution is -2.24. The lowest BCUT2D eigenvalue weighted by atomic mass is 10.0. The molecular formula is C30H22N2O4. The summed E-state index contributed by atoms with van der Waals surface area (Å²) in [6.45, 7) is -0.154. The molecule has 5 aromatic carbocycles. The number of carbonyl (C=O) groups excluding carboxylic acids is 2. The van der Waals surface area contributed by atoms with Crippen molar-refractivity contribution in [1.29, 1.82) is 0 Å². The number of nitrogens with zero attached hydrogens (tertiary/aromatic N) is 1. The maximum atomic E-state index is 12.7. The topological polar surface area (TPSA) is 77.0 Å². The molecule has 6 heteroatoms. The van der Waals surface area contributed by atoms with Gasteiger partial charge in [0, 0.05) is 0 Å². The number of benzene rings is 5. The quantitative estimate of drug-likeness (QED) is 0.141. The van der Waals surface area contributed by atoms with Gasteiger partial charge in [-0.1, -0.05) is 66.7 Å². The van der Waals surface area contributed by atoms with Crippen molar-refractivity contribution in [3.63, 3.8) is 0 Å². The van der Waals surface area contributed by atoms with Crippen molar-refractivity contribution < 1.29 is 19.1 Å². The van der Waals surface area contributed by atoms with Crippen LogP contribution in [-0.4, -0.2) is 24.7 Å². The summed E-state index contributed by atoms with van der Waals surface area (Å²) in [5.41, 5.74) is 3.68. The van der Waals surface area contributed by atoms with E-state index in [4.69, 9.17) is 9.47 Å². The molecule has 5 rings (SSSR count). The lowest BCUT2D eigenvalue weighted by molar-refractivity contribution is -0.123. The average molecular weight is 475 g/mol. The normalized spacial score (nSPS) is 11.0. The number of rotatable bonds is 7. The van der Waals surface area contributed by atoms with Gasteiger partial charge in [0.2, 0.25) is 0 Å². The van der Waals surface area contributed by atoms with Crippen molar-refractivity contribution in [2.75, 3.05) is 6.61 Å². The Morgan fingerprint density at radius 2 is 1.42 bits per heavy atom. The summed E-state index contributed by atoms with van der Waals surface area (Å²) in [4.78, 5) is 24.7. The highest BCUT2D eigenvalue weighted by molar-refractivity contribution is 6.05. The molecule has 5 aromatic rings. The largest absolute Gasteiger partial charge is 0.484 e. The van der Waals surface area contributed by atoms with E-state index in [1.54, 1.807) is 30.3 Å². The monoisotopic (exact) mass is 474 g/mol. The highest BCUT2D eigenvalue weighted by Crippen LogP contribution is 2.22. The molecule has 0 bridgehead atoms. The number of esters is 1. The molecule has 1 amide bonds. The molecule has 0 atom stereocenters. The van der Waals surface area contributed by atoms with Gasteiger partial charge in [0.1, 0.15) is 11.5 Å². The third-order valence-electron chi connectivity index (χ3n) is 5.59. The molecule has 176 valence electrons. The molecule has 1 N–H and O–H groups in total. The van der Waals surface area contributed by atoms with Crippen LogP contribution in [-0.2, 0) is 4.79 Å². The first-order valence-corrected chi connectivity index (χ1v) is 11.4. The van der Waals surface area contributed by atoms with Gasteiger partial charge in [0.25, 0.3) is 5.91 Å². The fourth-order valence-corrected chi connectivity index (χ4v) is 3.80. The van der Waals surface area contributed by atoms with Crippen LogP contribution in [0.4, 0.5) is 0 Å². The third-order valence-corrected chi connectivity index (χ3v) is 5.59. The predicted molar refractivity (Wildman–Crippen MR) is 141 cm³/mol. The van der Waals surface area contributed by atoms with Crippen molar-refractivity contribution in [2.45, 2.75) is 0 Å². The molecule has 6 nitrogen and oxygen atoms in total. The second-order valence-corrected chi connectivity index (χ2v) is 8.08. The molecule has 0 heterocycles. The highest BCUT2D eigenvalue weighted by atomic mass is 16.5. The Kier molecular flexibility index (Phi) is 6.67. The van der Waals surface area contributed by atoms with Crippen molar-refractivity contribution >= 4 is 39.6 Å². The zero-order valence-electron chi connectivity index (χ0n) is 19.3. The number of hydrazone groups is 1. The zero-order valence-corrected chi connectivity index (χ0v) is 19.3. The number of amides is 1. The summed E-state index contributed by atoms with van der Waals surface area (Å²) in [6, 6.07) is 33.6. The van der Waals surface area contributed by atoms with Gasteiger partial charge in [-0.15, -0.1) is 0 Å². The number of ether oxygens (including phenoxy) is 2. The highest BCUT2D eigenvalue weighted by Gasteiger charge is 2.12. The van der Waals surface area contributed by atoms with Crippen LogP contribution in [0.1, 0.15) is 15.9 Å². The summed E-state index contributed by atoms with van der Waals surface area (Å²) >= 11 is 0. The molecule has 0 aliphatic carbocycles. The Morgan fingerprint density at radius 1 is 0.722 bits per heavy atom. The van der Waals surface area contributed by atoms with Gasteiger partial charge in [-0.2, -0.15) is 5.10 Å². The van der Waals surface area contributed by atoms with E-state index in [1.807, 2.05) is 78.9 Å². The molecule has 0 unspecified atom stereocenters. The molecular weight excluding hydrogens is 452 g/mol. The summed E-state index contributed by atoms with van der Waals surface area (Å²) in [7, 11) is 0. The Morgan fingerprint density at radius 3 is 2.25 bits per heavy atom. The number of carbonyl (C=O) groups is 2. The van der Waals surface area contributed by atoms with E-state index in [-0.39, 0.29) is 12.5 Å². The van der Waals surface area contributed by atoms with Crippen LogP contribution < -0.4 is 14.9 Å². The van der Waals surface area contributed by atoms with Gasteiger partial charge in [0.15, 0.2) is 6.61 Å². The Hall–Kier alpha value is -4.97. The molecule has 0 aliphatic rings. The molecule has 0 fully saturated rings. The average Bonchev–Trinajstić information content (AvgIpc) is 2.92. The van der Waals surface area contributed by atoms with Crippen LogP contribution in [0.15, 0.2) is 114 Å². The summed E-state index contributed by atoms with van der Waals surface area (Å²) in [6.07, 6.45) is 1.50. The van der Waals surface area contributed by atoms with Crippen LogP contribution in [0, 0.1) is 0 Å². The van der Waals surface area contributed by atoms with Crippen LogP contribution in [0.5, 0.6) is 11.5 Å². The number of hydrogen-bond donors (Lipinski definition) is 1. The van der Waals surface area contributed by atoms with Gasteiger partial charge in [0.05, 0.1) is 11.8 Å². The fraction of sp³-hybridized carbons (Fsp3) is 0.0333. The van der Waals surface area contributed by atoms with Gasteiger partial charge >= 0.3 is 5.97 Å². The number of nitrogens with one attached hydrogen (secondary N) is 1. The minimum Gasteiger partial charge on any atom is -0.484 e. The molecule has 0 radical (unpaired) electrons. The molecule has 0 saturated carbocycles. The first kappa shape index (κ1) is 22.8. The van der Waals surface area contributed by atoms with Gasteiger partial charge in [-0.05, 0) is 69.6 Å². The van der Waals surface area contributed by atoms with E-state index >= 15 is 0 Å². The van der Waals surface area contributed by atoms with Gasteiger partial charge in [-0.3, -0.25) is 4.79 Å². The molecule has 0 spiro atoms. The van der Waals surface area contributed by atoms with E-state index in [2.05, 4.69) is 10.5 Å². The maximum Gasteiger partial charge on any atom is 0.344 e. The lowest BCUT2D eigenvalue weighted by Gasteiger charge is -2.07. The summed E-state index contributed by atoms with van der Waals surface area (Å²) < 4.78 is 11.1. The molecule has 0 saturated heterocycles. The third kappa shape index (κ3) is 5.39. The Labute approximate surface area is 207 Å². The van der Waals surface area contributed by atoms with E-state index in [9.17, 15) is 9.59 Å². The minimum absolute atomic E-state index is 0.154. The van der Waals surface area contributed by atoms with Crippen LogP contribution in [0.3, 0.4) is 0 Å². The summed E-state index contributed by atoms with van der Waals surface area (Å²) in [5.74, 6) is 0.228. The van der Waals surface area contributed by atoms with Crippen LogP contribution in [0.25, 0.3) is 21.5 Å². The van der Waals surface area contributed by atoms with Crippen LogP contribution in [0.2, 0.25) is 0 Å². The van der Waals surface area contributed by atoms with E-state index < -0.39 is 5.97 Å². The molecule has 36 heavy (non-hydrogen) atoms. The van der Waals surface area contributed by atoms with Crippen molar-refractivity contribution in [3.05, 3.63) is 120 Å². The SMILES string of the molecule is O=C(COc1ccc2ccccc2c1)N/N=C\c1ccc(OC(=O)c2cccc3ccccc23)cc1. The van der Waals surface area contributed by atoms with E-state index in [0.29, 0.717) is 17.1 Å². The predicted octanol–water partition coefficient (Wildman–Crippen LogP) is 5.74. The summed E-state index contributed by atoms with van der Waals surface area (Å²) in [5, 5.41) is 7.93.